The number of benzene rings is 1. The Morgan fingerprint density at radius 2 is 2.00 bits per heavy atom. The first-order chi connectivity index (χ1) is 6.72. The Balaban J connectivity index is 2.84. The molecule has 0 aliphatic heterocycles. The van der Waals surface area contributed by atoms with E-state index in [1.807, 2.05) is 18.2 Å². The first kappa shape index (κ1) is 9.00. The first-order valence-electron chi connectivity index (χ1n) is 4.74. The highest BCUT2D eigenvalue weighted by Gasteiger charge is 2.03. The second kappa shape index (κ2) is 3.29. The summed E-state index contributed by atoms with van der Waals surface area (Å²) in [6.45, 7) is 4.18. The Morgan fingerprint density at radius 3 is 2.71 bits per heavy atom. The molecule has 2 heteroatoms. The van der Waals surface area contributed by atoms with E-state index < -0.39 is 0 Å². The molecule has 0 bridgehead atoms. The fourth-order valence-electron chi connectivity index (χ4n) is 1.72. The maximum Gasteiger partial charge on any atom is 0.336 e. The van der Waals surface area contributed by atoms with Crippen molar-refractivity contribution in [3.05, 3.63) is 45.8 Å². The molecule has 0 saturated heterocycles. The predicted octanol–water partition coefficient (Wildman–Crippen LogP) is 2.66. The summed E-state index contributed by atoms with van der Waals surface area (Å²) in [5, 5.41) is 1.03. The van der Waals surface area contributed by atoms with Gasteiger partial charge >= 0.3 is 5.63 Å². The number of hydrogen-bond donors (Lipinski definition) is 0. The molecule has 1 aromatic carbocycles. The molecule has 0 saturated carbocycles. The molecule has 0 radical (unpaired) electrons. The van der Waals surface area contributed by atoms with Crippen LogP contribution < -0.4 is 5.63 Å². The second-order valence-electron chi connectivity index (χ2n) is 3.37. The topological polar surface area (TPSA) is 30.2 Å². The molecule has 14 heavy (non-hydrogen) atoms. The van der Waals surface area contributed by atoms with Crippen LogP contribution in [0.15, 0.2) is 33.5 Å². The van der Waals surface area contributed by atoms with Crippen LogP contribution in [0.2, 0.25) is 0 Å². The molecule has 0 spiro atoms. The molecule has 0 aliphatic carbocycles. The van der Waals surface area contributed by atoms with E-state index in [9.17, 15) is 4.79 Å². The highest BCUT2D eigenvalue weighted by molar-refractivity contribution is 5.81. The van der Waals surface area contributed by atoms with Crippen LogP contribution in [-0.2, 0) is 6.42 Å². The fraction of sp³-hybridized carbons (Fsp3) is 0.250. The van der Waals surface area contributed by atoms with E-state index in [0.717, 1.165) is 11.8 Å². The summed E-state index contributed by atoms with van der Waals surface area (Å²) in [6.07, 6.45) is 1.00. The first-order valence-corrected chi connectivity index (χ1v) is 4.74. The molecule has 0 aliphatic rings. The molecule has 72 valence electrons. The molecule has 1 aromatic heterocycles. The monoisotopic (exact) mass is 188 g/mol. The third-order valence-electron chi connectivity index (χ3n) is 2.56. The Labute approximate surface area is 82.2 Å². The zero-order valence-corrected chi connectivity index (χ0v) is 8.33. The van der Waals surface area contributed by atoms with Gasteiger partial charge in [0.1, 0.15) is 5.58 Å². The summed E-state index contributed by atoms with van der Waals surface area (Å²) < 4.78 is 5.09. The van der Waals surface area contributed by atoms with Gasteiger partial charge in [-0.25, -0.2) is 4.79 Å². The van der Waals surface area contributed by atoms with E-state index in [-0.39, 0.29) is 5.63 Å². The summed E-state index contributed by atoms with van der Waals surface area (Å²) >= 11 is 0. The standard InChI is InChI=1S/C12H12O2/c1-3-9-4-6-11-10(8(9)2)5-7-12(13)14-11/h4-7H,3H2,1-2H3. The lowest BCUT2D eigenvalue weighted by Crippen LogP contribution is -1.96. The van der Waals surface area contributed by atoms with Gasteiger partial charge in [-0.15, -0.1) is 0 Å². The molecule has 0 N–H and O–H groups in total. The van der Waals surface area contributed by atoms with Crippen LogP contribution >= 0.6 is 0 Å². The lowest BCUT2D eigenvalue weighted by atomic mass is 10.0. The molecule has 0 atom stereocenters. The minimum Gasteiger partial charge on any atom is -0.423 e. The quantitative estimate of drug-likeness (QED) is 0.644. The highest BCUT2D eigenvalue weighted by Crippen LogP contribution is 2.20. The van der Waals surface area contributed by atoms with Crippen molar-refractivity contribution in [2.45, 2.75) is 20.3 Å². The Kier molecular flexibility index (Phi) is 2.12. The van der Waals surface area contributed by atoms with Crippen molar-refractivity contribution < 1.29 is 4.42 Å². The fourth-order valence-corrected chi connectivity index (χ4v) is 1.72. The van der Waals surface area contributed by atoms with Crippen molar-refractivity contribution in [1.82, 2.24) is 0 Å². The number of rotatable bonds is 1. The van der Waals surface area contributed by atoms with Gasteiger partial charge in [-0.1, -0.05) is 13.0 Å². The van der Waals surface area contributed by atoms with Crippen LogP contribution in [0.5, 0.6) is 0 Å². The second-order valence-corrected chi connectivity index (χ2v) is 3.37. The van der Waals surface area contributed by atoms with Gasteiger partial charge in [-0.2, -0.15) is 0 Å². The van der Waals surface area contributed by atoms with E-state index in [1.165, 1.54) is 17.2 Å². The minimum atomic E-state index is -0.291. The van der Waals surface area contributed by atoms with Crippen molar-refractivity contribution in [2.75, 3.05) is 0 Å². The maximum absolute atomic E-state index is 11.0. The molecule has 2 rings (SSSR count). The average molecular weight is 188 g/mol. The normalized spacial score (nSPS) is 10.7. The Hall–Kier alpha value is -1.57. The van der Waals surface area contributed by atoms with Crippen molar-refractivity contribution in [1.29, 1.82) is 0 Å². The molecular formula is C12H12O2. The SMILES string of the molecule is CCc1ccc2oc(=O)ccc2c1C. The summed E-state index contributed by atoms with van der Waals surface area (Å²) in [6, 6.07) is 7.17. The van der Waals surface area contributed by atoms with Gasteiger partial charge < -0.3 is 4.42 Å². The lowest BCUT2D eigenvalue weighted by molar-refractivity contribution is 0.560. The molecule has 2 aromatic rings. The van der Waals surface area contributed by atoms with E-state index >= 15 is 0 Å². The molecule has 1 heterocycles. The largest absolute Gasteiger partial charge is 0.423 e. The summed E-state index contributed by atoms with van der Waals surface area (Å²) in [5.74, 6) is 0. The average Bonchev–Trinajstić information content (AvgIpc) is 2.18. The smallest absolute Gasteiger partial charge is 0.336 e. The summed E-state index contributed by atoms with van der Waals surface area (Å²) in [5.41, 5.74) is 2.88. The zero-order chi connectivity index (χ0) is 10.1. The van der Waals surface area contributed by atoms with Gasteiger partial charge in [0, 0.05) is 11.5 Å². The van der Waals surface area contributed by atoms with Gasteiger partial charge in [0.05, 0.1) is 0 Å². The summed E-state index contributed by atoms with van der Waals surface area (Å²) in [7, 11) is 0. The van der Waals surface area contributed by atoms with Crippen LogP contribution in [-0.4, -0.2) is 0 Å². The lowest BCUT2D eigenvalue weighted by Gasteiger charge is -2.05. The van der Waals surface area contributed by atoms with Crippen molar-refractivity contribution in [3.63, 3.8) is 0 Å². The predicted molar refractivity (Wildman–Crippen MR) is 56.6 cm³/mol. The number of fused-ring (bicyclic) bond motifs is 1. The molecule has 0 amide bonds. The van der Waals surface area contributed by atoms with E-state index in [2.05, 4.69) is 13.8 Å². The van der Waals surface area contributed by atoms with Crippen molar-refractivity contribution >= 4 is 11.0 Å². The molecule has 2 nitrogen and oxygen atoms in total. The third kappa shape index (κ3) is 1.33. The zero-order valence-electron chi connectivity index (χ0n) is 8.33. The van der Waals surface area contributed by atoms with E-state index in [0.29, 0.717) is 5.58 Å². The van der Waals surface area contributed by atoms with Gasteiger partial charge in [-0.3, -0.25) is 0 Å². The van der Waals surface area contributed by atoms with Crippen LogP contribution in [0, 0.1) is 6.92 Å². The van der Waals surface area contributed by atoms with E-state index in [1.54, 1.807) is 0 Å². The summed E-state index contributed by atoms with van der Waals surface area (Å²) in [4.78, 5) is 11.0. The maximum atomic E-state index is 11.0. The van der Waals surface area contributed by atoms with Crippen LogP contribution in [0.4, 0.5) is 0 Å². The van der Waals surface area contributed by atoms with Crippen molar-refractivity contribution in [3.8, 4) is 0 Å². The number of hydrogen-bond acceptors (Lipinski definition) is 2. The minimum absolute atomic E-state index is 0.291. The third-order valence-corrected chi connectivity index (χ3v) is 2.56. The van der Waals surface area contributed by atoms with Gasteiger partial charge in [0.25, 0.3) is 0 Å². The van der Waals surface area contributed by atoms with Crippen LogP contribution in [0.25, 0.3) is 11.0 Å². The Bertz CT molecular complexity index is 523. The van der Waals surface area contributed by atoms with Crippen LogP contribution in [0.3, 0.4) is 0 Å². The highest BCUT2D eigenvalue weighted by atomic mass is 16.4. The van der Waals surface area contributed by atoms with Gasteiger partial charge in [-0.05, 0) is 36.6 Å². The number of aryl methyl sites for hydroxylation is 2. The van der Waals surface area contributed by atoms with Gasteiger partial charge in [0.2, 0.25) is 0 Å². The molecule has 0 fully saturated rings. The van der Waals surface area contributed by atoms with Crippen molar-refractivity contribution in [2.24, 2.45) is 0 Å². The van der Waals surface area contributed by atoms with Gasteiger partial charge in [0.15, 0.2) is 0 Å². The molecular weight excluding hydrogens is 176 g/mol. The Morgan fingerprint density at radius 1 is 1.21 bits per heavy atom. The van der Waals surface area contributed by atoms with Crippen LogP contribution in [0.1, 0.15) is 18.1 Å². The molecule has 0 unspecified atom stereocenters. The van der Waals surface area contributed by atoms with E-state index in [4.69, 9.17) is 4.42 Å².